The molecule has 158 valence electrons. The van der Waals surface area contributed by atoms with Crippen LogP contribution < -0.4 is 4.74 Å². The van der Waals surface area contributed by atoms with Crippen molar-refractivity contribution in [3.8, 4) is 17.0 Å². The third-order valence-electron chi connectivity index (χ3n) is 6.43. The maximum absolute atomic E-state index is 5.77. The average Bonchev–Trinajstić information content (AvgIpc) is 2.77. The molecule has 0 amide bonds. The van der Waals surface area contributed by atoms with Gasteiger partial charge in [0.05, 0.1) is 18.5 Å². The second-order valence-corrected chi connectivity index (χ2v) is 8.86. The van der Waals surface area contributed by atoms with Crippen LogP contribution in [-0.2, 0) is 6.42 Å². The number of ether oxygens (including phenoxy) is 1. The van der Waals surface area contributed by atoms with Crippen molar-refractivity contribution >= 4 is 0 Å². The summed E-state index contributed by atoms with van der Waals surface area (Å²) in [6, 6.07) is 13.1. The Morgan fingerprint density at radius 2 is 1.69 bits per heavy atom. The number of hydrogen-bond acceptors (Lipinski definition) is 2. The summed E-state index contributed by atoms with van der Waals surface area (Å²) >= 11 is 0. The summed E-state index contributed by atoms with van der Waals surface area (Å²) in [5.74, 6) is 2.80. The van der Waals surface area contributed by atoms with Gasteiger partial charge in [0, 0.05) is 5.56 Å². The molecule has 1 aliphatic rings. The van der Waals surface area contributed by atoms with Crippen molar-refractivity contribution in [2.75, 3.05) is 6.61 Å². The first kappa shape index (κ1) is 21.9. The molecule has 2 heteroatoms. The fraction of sp³-hybridized carbons (Fsp3) is 0.593. The molecule has 1 aromatic carbocycles. The van der Waals surface area contributed by atoms with Crippen LogP contribution in [0.5, 0.6) is 5.75 Å². The topological polar surface area (TPSA) is 22.1 Å². The molecular weight excluding hydrogens is 354 g/mol. The molecule has 0 radical (unpaired) electrons. The number of pyridine rings is 1. The van der Waals surface area contributed by atoms with Crippen molar-refractivity contribution < 1.29 is 4.74 Å². The predicted octanol–water partition coefficient (Wildman–Crippen LogP) is 7.86. The van der Waals surface area contributed by atoms with Gasteiger partial charge in [-0.2, -0.15) is 0 Å². The maximum atomic E-state index is 5.77. The van der Waals surface area contributed by atoms with Crippen LogP contribution in [0.1, 0.15) is 83.6 Å². The van der Waals surface area contributed by atoms with Crippen LogP contribution in [0.15, 0.2) is 42.6 Å². The van der Waals surface area contributed by atoms with Gasteiger partial charge in [0.25, 0.3) is 0 Å². The first-order valence-electron chi connectivity index (χ1n) is 12.0. The van der Waals surface area contributed by atoms with Gasteiger partial charge in [-0.15, -0.1) is 0 Å². The van der Waals surface area contributed by atoms with E-state index in [1.165, 1.54) is 75.3 Å². The summed E-state index contributed by atoms with van der Waals surface area (Å²) in [6.07, 6.45) is 16.5. The minimum absolute atomic E-state index is 0.781. The van der Waals surface area contributed by atoms with Gasteiger partial charge >= 0.3 is 0 Å². The van der Waals surface area contributed by atoms with Crippen molar-refractivity contribution in [2.24, 2.45) is 11.8 Å². The van der Waals surface area contributed by atoms with Crippen LogP contribution in [0, 0.1) is 11.8 Å². The number of benzene rings is 1. The highest BCUT2D eigenvalue weighted by Crippen LogP contribution is 2.34. The summed E-state index contributed by atoms with van der Waals surface area (Å²) in [6.45, 7) is 5.32. The molecule has 29 heavy (non-hydrogen) atoms. The molecular formula is C27H39NO. The summed E-state index contributed by atoms with van der Waals surface area (Å²) in [5.41, 5.74) is 3.67. The molecule has 1 heterocycles. The zero-order chi connectivity index (χ0) is 20.3. The Kier molecular flexibility index (Phi) is 9.05. The summed E-state index contributed by atoms with van der Waals surface area (Å²) in [4.78, 5) is 4.60. The van der Waals surface area contributed by atoms with Gasteiger partial charge in [-0.25, -0.2) is 0 Å². The van der Waals surface area contributed by atoms with Gasteiger partial charge in [0.2, 0.25) is 0 Å². The first-order chi connectivity index (χ1) is 14.3. The van der Waals surface area contributed by atoms with E-state index in [-0.39, 0.29) is 0 Å². The SMILES string of the molecule is CCCCCOc1ccc(-c2ccc(CCC3CCCC(CCC)C3)cc2)nc1. The molecule has 1 fully saturated rings. The first-order valence-corrected chi connectivity index (χ1v) is 12.0. The van der Waals surface area contributed by atoms with Crippen molar-refractivity contribution in [1.82, 2.24) is 4.98 Å². The molecule has 2 nitrogen and oxygen atoms in total. The van der Waals surface area contributed by atoms with E-state index in [0.29, 0.717) is 0 Å². The Morgan fingerprint density at radius 3 is 2.38 bits per heavy atom. The number of unbranched alkanes of at least 4 members (excludes halogenated alkanes) is 2. The van der Waals surface area contributed by atoms with Crippen LogP contribution in [-0.4, -0.2) is 11.6 Å². The number of aryl methyl sites for hydroxylation is 1. The van der Waals surface area contributed by atoms with Crippen LogP contribution in [0.3, 0.4) is 0 Å². The monoisotopic (exact) mass is 393 g/mol. The molecule has 0 bridgehead atoms. The summed E-state index contributed by atoms with van der Waals surface area (Å²) < 4.78 is 5.77. The normalized spacial score (nSPS) is 19.2. The van der Waals surface area contributed by atoms with Crippen LogP contribution >= 0.6 is 0 Å². The molecule has 0 N–H and O–H groups in total. The highest BCUT2D eigenvalue weighted by molar-refractivity contribution is 5.59. The molecule has 2 unspecified atom stereocenters. The second kappa shape index (κ2) is 12.0. The van der Waals surface area contributed by atoms with E-state index >= 15 is 0 Å². The smallest absolute Gasteiger partial charge is 0.137 e. The lowest BCUT2D eigenvalue weighted by Gasteiger charge is -2.29. The zero-order valence-corrected chi connectivity index (χ0v) is 18.5. The molecule has 3 rings (SSSR count). The van der Waals surface area contributed by atoms with Crippen molar-refractivity contribution in [3.05, 3.63) is 48.2 Å². The minimum atomic E-state index is 0.781. The lowest BCUT2D eigenvalue weighted by Crippen LogP contribution is -2.16. The van der Waals surface area contributed by atoms with E-state index in [9.17, 15) is 0 Å². The van der Waals surface area contributed by atoms with Crippen LogP contribution in [0.2, 0.25) is 0 Å². The van der Waals surface area contributed by atoms with Gasteiger partial charge in [0.15, 0.2) is 0 Å². The molecule has 1 aromatic heterocycles. The lowest BCUT2D eigenvalue weighted by atomic mass is 9.77. The Balaban J connectivity index is 1.47. The Morgan fingerprint density at radius 1 is 0.897 bits per heavy atom. The standard InChI is InChI=1S/C27H39NO/c1-3-5-6-19-29-26-17-18-27(28-21-26)25-15-13-22(14-16-25)11-12-24-10-7-9-23(20-24)8-4-2/h13-18,21,23-24H,3-12,19-20H2,1-2H3. The summed E-state index contributed by atoms with van der Waals surface area (Å²) in [5, 5.41) is 0. The van der Waals surface area contributed by atoms with E-state index in [1.807, 2.05) is 12.3 Å². The van der Waals surface area contributed by atoms with E-state index in [4.69, 9.17) is 4.74 Å². The highest BCUT2D eigenvalue weighted by atomic mass is 16.5. The predicted molar refractivity (Wildman–Crippen MR) is 123 cm³/mol. The maximum Gasteiger partial charge on any atom is 0.137 e. The van der Waals surface area contributed by atoms with E-state index in [1.54, 1.807) is 0 Å². The average molecular weight is 394 g/mol. The van der Waals surface area contributed by atoms with Crippen molar-refractivity contribution in [1.29, 1.82) is 0 Å². The van der Waals surface area contributed by atoms with Gasteiger partial charge in [0.1, 0.15) is 5.75 Å². The van der Waals surface area contributed by atoms with E-state index in [0.717, 1.165) is 36.3 Å². The number of hydrogen-bond donors (Lipinski definition) is 0. The zero-order valence-electron chi connectivity index (χ0n) is 18.5. The Bertz CT molecular complexity index is 689. The number of nitrogens with zero attached hydrogens (tertiary/aromatic N) is 1. The third kappa shape index (κ3) is 7.17. The van der Waals surface area contributed by atoms with E-state index < -0.39 is 0 Å². The quantitative estimate of drug-likeness (QED) is 0.362. The second-order valence-electron chi connectivity index (χ2n) is 8.86. The summed E-state index contributed by atoms with van der Waals surface area (Å²) in [7, 11) is 0. The van der Waals surface area contributed by atoms with Gasteiger partial charge in [-0.05, 0) is 55.2 Å². The lowest BCUT2D eigenvalue weighted by molar-refractivity contribution is 0.243. The molecule has 0 aliphatic heterocycles. The molecule has 1 aliphatic carbocycles. The molecule has 0 saturated heterocycles. The van der Waals surface area contributed by atoms with Crippen molar-refractivity contribution in [3.63, 3.8) is 0 Å². The fourth-order valence-electron chi connectivity index (χ4n) is 4.73. The molecule has 2 atom stereocenters. The van der Waals surface area contributed by atoms with Crippen LogP contribution in [0.25, 0.3) is 11.3 Å². The third-order valence-corrected chi connectivity index (χ3v) is 6.43. The number of rotatable bonds is 11. The Hall–Kier alpha value is -1.83. The molecule has 1 saturated carbocycles. The van der Waals surface area contributed by atoms with Gasteiger partial charge in [-0.3, -0.25) is 4.98 Å². The minimum Gasteiger partial charge on any atom is -0.492 e. The fourth-order valence-corrected chi connectivity index (χ4v) is 4.73. The van der Waals surface area contributed by atoms with Gasteiger partial charge in [-0.1, -0.05) is 83.1 Å². The largest absolute Gasteiger partial charge is 0.492 e. The molecule has 2 aromatic rings. The Labute approximate surface area is 178 Å². The number of aromatic nitrogens is 1. The van der Waals surface area contributed by atoms with Crippen molar-refractivity contribution in [2.45, 2.75) is 84.5 Å². The van der Waals surface area contributed by atoms with E-state index in [2.05, 4.69) is 49.2 Å². The highest BCUT2D eigenvalue weighted by Gasteiger charge is 2.21. The van der Waals surface area contributed by atoms with Crippen LogP contribution in [0.4, 0.5) is 0 Å². The van der Waals surface area contributed by atoms with Gasteiger partial charge < -0.3 is 4.74 Å². The molecule has 0 spiro atoms.